The zero-order valence-corrected chi connectivity index (χ0v) is 12.8. The van der Waals surface area contributed by atoms with Crippen molar-refractivity contribution in [2.24, 2.45) is 5.73 Å². The lowest BCUT2D eigenvalue weighted by Crippen LogP contribution is -2.34. The third-order valence-electron chi connectivity index (χ3n) is 2.73. The van der Waals surface area contributed by atoms with E-state index in [-0.39, 0.29) is 11.4 Å². The van der Waals surface area contributed by atoms with E-state index in [9.17, 15) is 4.79 Å². The second-order valence-electron chi connectivity index (χ2n) is 5.32. The molecule has 0 aromatic heterocycles. The smallest absolute Gasteiger partial charge is 0.220 e. The molecule has 0 aliphatic rings. The molecule has 0 aliphatic carbocycles. The predicted octanol–water partition coefficient (Wildman–Crippen LogP) is 3.17. The topological polar surface area (TPSA) is 55.1 Å². The van der Waals surface area contributed by atoms with Gasteiger partial charge in [0.25, 0.3) is 0 Å². The molecule has 0 fully saturated rings. The molecular weight excluding hydrogens is 283 g/mol. The molecule has 3 nitrogen and oxygen atoms in total. The fraction of sp³-hybridized carbons (Fsp3) is 0.500. The lowest BCUT2D eigenvalue weighted by atomic mass is 10.00. The van der Waals surface area contributed by atoms with Gasteiger partial charge in [0.1, 0.15) is 0 Å². The number of halogens is 2. The van der Waals surface area contributed by atoms with E-state index in [0.29, 0.717) is 35.9 Å². The zero-order chi connectivity index (χ0) is 14.5. The van der Waals surface area contributed by atoms with Crippen LogP contribution in [0.4, 0.5) is 0 Å². The average molecular weight is 303 g/mol. The Morgan fingerprint density at radius 1 is 1.37 bits per heavy atom. The highest BCUT2D eigenvalue weighted by Gasteiger charge is 2.12. The van der Waals surface area contributed by atoms with Crippen LogP contribution < -0.4 is 11.1 Å². The summed E-state index contributed by atoms with van der Waals surface area (Å²) in [5.41, 5.74) is 6.50. The summed E-state index contributed by atoms with van der Waals surface area (Å²) in [4.78, 5) is 11.6. The average Bonchev–Trinajstić information content (AvgIpc) is 2.28. The number of amides is 1. The SMILES string of the molecule is CC(C)(N)CCC(=O)NCCc1ccc(Cl)cc1Cl. The van der Waals surface area contributed by atoms with Crippen molar-refractivity contribution in [1.82, 2.24) is 5.32 Å². The molecule has 0 spiro atoms. The summed E-state index contributed by atoms with van der Waals surface area (Å²) in [5, 5.41) is 4.10. The Hall–Kier alpha value is -0.770. The quantitative estimate of drug-likeness (QED) is 0.848. The Balaban J connectivity index is 2.32. The van der Waals surface area contributed by atoms with E-state index in [4.69, 9.17) is 28.9 Å². The third kappa shape index (κ3) is 6.81. The van der Waals surface area contributed by atoms with E-state index in [2.05, 4.69) is 5.32 Å². The van der Waals surface area contributed by atoms with Gasteiger partial charge in [0.05, 0.1) is 0 Å². The normalized spacial score (nSPS) is 11.4. The second-order valence-corrected chi connectivity index (χ2v) is 6.17. The number of carbonyl (C=O) groups is 1. The molecule has 0 unspecified atom stereocenters. The largest absolute Gasteiger partial charge is 0.356 e. The monoisotopic (exact) mass is 302 g/mol. The Labute approximate surface area is 124 Å². The van der Waals surface area contributed by atoms with Gasteiger partial charge in [-0.25, -0.2) is 0 Å². The van der Waals surface area contributed by atoms with Crippen LogP contribution in [0.3, 0.4) is 0 Å². The van der Waals surface area contributed by atoms with Crippen LogP contribution in [0.2, 0.25) is 10.0 Å². The van der Waals surface area contributed by atoms with Crippen molar-refractivity contribution in [3.8, 4) is 0 Å². The molecule has 3 N–H and O–H groups in total. The predicted molar refractivity (Wildman–Crippen MR) is 80.7 cm³/mol. The zero-order valence-electron chi connectivity index (χ0n) is 11.3. The van der Waals surface area contributed by atoms with Crippen LogP contribution in [0.1, 0.15) is 32.3 Å². The Bertz CT molecular complexity index is 442. The molecule has 0 atom stereocenters. The standard InChI is InChI=1S/C14H20Cl2N2O/c1-14(2,17)7-5-13(19)18-8-6-10-3-4-11(15)9-12(10)16/h3-4,9H,5-8,17H2,1-2H3,(H,18,19). The second kappa shape index (κ2) is 7.13. The molecular formula is C14H20Cl2N2O. The number of hydrogen-bond donors (Lipinski definition) is 2. The van der Waals surface area contributed by atoms with Gasteiger partial charge in [-0.15, -0.1) is 0 Å². The van der Waals surface area contributed by atoms with Crippen LogP contribution in [-0.4, -0.2) is 18.0 Å². The van der Waals surface area contributed by atoms with Gasteiger partial charge in [-0.2, -0.15) is 0 Å². The van der Waals surface area contributed by atoms with Crippen molar-refractivity contribution in [3.05, 3.63) is 33.8 Å². The molecule has 1 amide bonds. The van der Waals surface area contributed by atoms with Crippen LogP contribution in [-0.2, 0) is 11.2 Å². The van der Waals surface area contributed by atoms with Crippen molar-refractivity contribution >= 4 is 29.1 Å². The lowest BCUT2D eigenvalue weighted by molar-refractivity contribution is -0.121. The highest BCUT2D eigenvalue weighted by Crippen LogP contribution is 2.21. The van der Waals surface area contributed by atoms with E-state index in [1.165, 1.54) is 0 Å². The first-order valence-corrected chi connectivity index (χ1v) is 7.03. The summed E-state index contributed by atoms with van der Waals surface area (Å²) >= 11 is 11.9. The van der Waals surface area contributed by atoms with Crippen molar-refractivity contribution in [2.75, 3.05) is 6.54 Å². The van der Waals surface area contributed by atoms with E-state index in [1.54, 1.807) is 12.1 Å². The summed E-state index contributed by atoms with van der Waals surface area (Å²) in [6.45, 7) is 4.38. The highest BCUT2D eigenvalue weighted by molar-refractivity contribution is 6.35. The highest BCUT2D eigenvalue weighted by atomic mass is 35.5. The Kier molecular flexibility index (Phi) is 6.11. The van der Waals surface area contributed by atoms with Crippen LogP contribution >= 0.6 is 23.2 Å². The number of hydrogen-bond acceptors (Lipinski definition) is 2. The van der Waals surface area contributed by atoms with Crippen LogP contribution in [0.5, 0.6) is 0 Å². The van der Waals surface area contributed by atoms with Crippen molar-refractivity contribution in [3.63, 3.8) is 0 Å². The maximum atomic E-state index is 11.6. The van der Waals surface area contributed by atoms with Crippen molar-refractivity contribution < 1.29 is 4.79 Å². The molecule has 0 heterocycles. The minimum absolute atomic E-state index is 0.0172. The van der Waals surface area contributed by atoms with Gasteiger partial charge in [-0.05, 0) is 44.4 Å². The van der Waals surface area contributed by atoms with Crippen LogP contribution in [0.25, 0.3) is 0 Å². The van der Waals surface area contributed by atoms with Gasteiger partial charge in [-0.3, -0.25) is 4.79 Å². The summed E-state index contributed by atoms with van der Waals surface area (Å²) < 4.78 is 0. The molecule has 1 aromatic carbocycles. The van der Waals surface area contributed by atoms with E-state index < -0.39 is 0 Å². The van der Waals surface area contributed by atoms with Crippen LogP contribution in [0.15, 0.2) is 18.2 Å². The fourth-order valence-electron chi connectivity index (χ4n) is 1.59. The molecule has 0 aliphatic heterocycles. The summed E-state index contributed by atoms with van der Waals surface area (Å²) in [6, 6.07) is 5.37. The Morgan fingerprint density at radius 3 is 2.63 bits per heavy atom. The van der Waals surface area contributed by atoms with Crippen LogP contribution in [0, 0.1) is 0 Å². The van der Waals surface area contributed by atoms with Gasteiger partial charge in [0, 0.05) is 28.5 Å². The van der Waals surface area contributed by atoms with Gasteiger partial charge >= 0.3 is 0 Å². The first-order chi connectivity index (χ1) is 8.78. The lowest BCUT2D eigenvalue weighted by Gasteiger charge is -2.17. The molecule has 0 bridgehead atoms. The first-order valence-electron chi connectivity index (χ1n) is 6.27. The summed E-state index contributed by atoms with van der Waals surface area (Å²) in [6.07, 6.45) is 1.80. The molecule has 19 heavy (non-hydrogen) atoms. The number of rotatable bonds is 6. The summed E-state index contributed by atoms with van der Waals surface area (Å²) in [7, 11) is 0. The molecule has 0 saturated carbocycles. The van der Waals surface area contributed by atoms with Gasteiger partial charge in [0.2, 0.25) is 5.91 Å². The summed E-state index contributed by atoms with van der Waals surface area (Å²) in [5.74, 6) is 0.0172. The fourth-order valence-corrected chi connectivity index (χ4v) is 2.09. The van der Waals surface area contributed by atoms with E-state index >= 15 is 0 Å². The molecule has 1 aromatic rings. The third-order valence-corrected chi connectivity index (χ3v) is 3.31. The van der Waals surface area contributed by atoms with Crippen molar-refractivity contribution in [2.45, 2.75) is 38.6 Å². The molecule has 0 radical (unpaired) electrons. The Morgan fingerprint density at radius 2 is 2.05 bits per heavy atom. The number of benzene rings is 1. The number of nitrogens with two attached hydrogens (primary N) is 1. The molecule has 1 rings (SSSR count). The number of nitrogens with one attached hydrogen (secondary N) is 1. The maximum Gasteiger partial charge on any atom is 0.220 e. The minimum atomic E-state index is -0.309. The number of carbonyl (C=O) groups excluding carboxylic acids is 1. The van der Waals surface area contributed by atoms with E-state index in [0.717, 1.165) is 5.56 Å². The van der Waals surface area contributed by atoms with Gasteiger partial charge in [-0.1, -0.05) is 29.3 Å². The molecule has 0 saturated heterocycles. The van der Waals surface area contributed by atoms with Gasteiger partial charge in [0.15, 0.2) is 0 Å². The van der Waals surface area contributed by atoms with Gasteiger partial charge < -0.3 is 11.1 Å². The molecule has 5 heteroatoms. The minimum Gasteiger partial charge on any atom is -0.356 e. The maximum absolute atomic E-state index is 11.6. The first kappa shape index (κ1) is 16.3. The van der Waals surface area contributed by atoms with Crippen molar-refractivity contribution in [1.29, 1.82) is 0 Å². The van der Waals surface area contributed by atoms with E-state index in [1.807, 2.05) is 19.9 Å². The molecule has 106 valence electrons.